The van der Waals surface area contributed by atoms with Gasteiger partial charge in [-0.25, -0.2) is 0 Å². The number of carbonyl (C=O) groups excluding carboxylic acids is 1. The SMILES string of the molecule is CC(C)C(C)(C)CNC(=O)C(CN)Cc1ccccc1. The molecule has 3 heteroatoms. The lowest BCUT2D eigenvalue weighted by Crippen LogP contribution is -2.42. The smallest absolute Gasteiger partial charge is 0.224 e. The number of carbonyl (C=O) groups is 1. The molecule has 1 rings (SSSR count). The van der Waals surface area contributed by atoms with E-state index in [4.69, 9.17) is 5.73 Å². The van der Waals surface area contributed by atoms with Crippen molar-refractivity contribution in [1.29, 1.82) is 0 Å². The summed E-state index contributed by atoms with van der Waals surface area (Å²) in [7, 11) is 0. The van der Waals surface area contributed by atoms with Crippen LogP contribution in [0, 0.1) is 17.3 Å². The van der Waals surface area contributed by atoms with Crippen LogP contribution in [0.2, 0.25) is 0 Å². The zero-order chi connectivity index (χ0) is 15.2. The minimum absolute atomic E-state index is 0.0603. The number of hydrogen-bond acceptors (Lipinski definition) is 2. The van der Waals surface area contributed by atoms with Crippen molar-refractivity contribution in [2.75, 3.05) is 13.1 Å². The number of nitrogens with one attached hydrogen (secondary N) is 1. The van der Waals surface area contributed by atoms with E-state index in [1.165, 1.54) is 0 Å². The van der Waals surface area contributed by atoms with Crippen LogP contribution in [-0.4, -0.2) is 19.0 Å². The fourth-order valence-electron chi connectivity index (χ4n) is 1.85. The van der Waals surface area contributed by atoms with Crippen molar-refractivity contribution in [2.24, 2.45) is 23.0 Å². The Hall–Kier alpha value is -1.35. The maximum absolute atomic E-state index is 12.3. The van der Waals surface area contributed by atoms with Gasteiger partial charge < -0.3 is 11.1 Å². The summed E-state index contributed by atoms with van der Waals surface area (Å²) in [5.41, 5.74) is 7.01. The Morgan fingerprint density at radius 3 is 2.35 bits per heavy atom. The molecular formula is C17H28N2O. The highest BCUT2D eigenvalue weighted by molar-refractivity contribution is 5.79. The van der Waals surface area contributed by atoms with Crippen molar-refractivity contribution in [3.05, 3.63) is 35.9 Å². The second kappa shape index (κ2) is 7.44. The Morgan fingerprint density at radius 1 is 1.25 bits per heavy atom. The van der Waals surface area contributed by atoms with Crippen molar-refractivity contribution in [1.82, 2.24) is 5.32 Å². The normalized spacial score (nSPS) is 13.3. The van der Waals surface area contributed by atoms with Crippen LogP contribution in [0.5, 0.6) is 0 Å². The molecule has 0 heterocycles. The first-order valence-electron chi connectivity index (χ1n) is 7.38. The van der Waals surface area contributed by atoms with Crippen LogP contribution in [0.1, 0.15) is 33.3 Å². The molecule has 0 aliphatic carbocycles. The summed E-state index contributed by atoms with van der Waals surface area (Å²) in [6.07, 6.45) is 0.700. The maximum atomic E-state index is 12.3. The van der Waals surface area contributed by atoms with Crippen LogP contribution in [-0.2, 0) is 11.2 Å². The summed E-state index contributed by atoms with van der Waals surface area (Å²) >= 11 is 0. The average molecular weight is 276 g/mol. The number of rotatable bonds is 7. The largest absolute Gasteiger partial charge is 0.355 e. The van der Waals surface area contributed by atoms with Crippen molar-refractivity contribution in [3.63, 3.8) is 0 Å². The Bertz CT molecular complexity index is 412. The van der Waals surface area contributed by atoms with E-state index in [1.807, 2.05) is 30.3 Å². The van der Waals surface area contributed by atoms with Gasteiger partial charge in [0.05, 0.1) is 5.92 Å². The van der Waals surface area contributed by atoms with Crippen LogP contribution in [0.4, 0.5) is 0 Å². The van der Waals surface area contributed by atoms with E-state index in [0.717, 1.165) is 5.56 Å². The predicted molar refractivity (Wildman–Crippen MR) is 84.3 cm³/mol. The summed E-state index contributed by atoms with van der Waals surface area (Å²) in [5, 5.41) is 3.06. The molecule has 1 atom stereocenters. The molecular weight excluding hydrogens is 248 g/mol. The van der Waals surface area contributed by atoms with E-state index in [9.17, 15) is 4.79 Å². The van der Waals surface area contributed by atoms with Gasteiger partial charge in [0.1, 0.15) is 0 Å². The second-order valence-electron chi connectivity index (χ2n) is 6.48. The van der Waals surface area contributed by atoms with Crippen LogP contribution in [0.15, 0.2) is 30.3 Å². The molecule has 0 spiro atoms. The Balaban J connectivity index is 2.56. The molecule has 112 valence electrons. The van der Waals surface area contributed by atoms with E-state index < -0.39 is 0 Å². The van der Waals surface area contributed by atoms with E-state index in [0.29, 0.717) is 25.4 Å². The Kier molecular flexibility index (Phi) is 6.21. The quantitative estimate of drug-likeness (QED) is 0.804. The molecule has 20 heavy (non-hydrogen) atoms. The van der Waals surface area contributed by atoms with Gasteiger partial charge in [0.15, 0.2) is 0 Å². The summed E-state index contributed by atoms with van der Waals surface area (Å²) in [6, 6.07) is 10.0. The molecule has 1 amide bonds. The molecule has 3 nitrogen and oxygen atoms in total. The molecule has 0 fully saturated rings. The molecule has 0 saturated carbocycles. The molecule has 0 bridgehead atoms. The average Bonchev–Trinajstić information content (AvgIpc) is 2.43. The minimum Gasteiger partial charge on any atom is -0.355 e. The molecule has 3 N–H and O–H groups in total. The van der Waals surface area contributed by atoms with Gasteiger partial charge in [0.25, 0.3) is 0 Å². The van der Waals surface area contributed by atoms with E-state index in [1.54, 1.807) is 0 Å². The topological polar surface area (TPSA) is 55.1 Å². The van der Waals surface area contributed by atoms with E-state index in [2.05, 4.69) is 33.0 Å². The Labute approximate surface area is 122 Å². The van der Waals surface area contributed by atoms with Gasteiger partial charge in [-0.3, -0.25) is 4.79 Å². The highest BCUT2D eigenvalue weighted by Gasteiger charge is 2.25. The van der Waals surface area contributed by atoms with Crippen molar-refractivity contribution in [2.45, 2.75) is 34.1 Å². The summed E-state index contributed by atoms with van der Waals surface area (Å²) in [5.74, 6) is 0.429. The second-order valence-corrected chi connectivity index (χ2v) is 6.48. The van der Waals surface area contributed by atoms with Crippen LogP contribution < -0.4 is 11.1 Å². The van der Waals surface area contributed by atoms with Crippen LogP contribution in [0.25, 0.3) is 0 Å². The first kappa shape index (κ1) is 16.7. The number of hydrogen-bond donors (Lipinski definition) is 2. The Morgan fingerprint density at radius 2 is 1.85 bits per heavy atom. The van der Waals surface area contributed by atoms with Gasteiger partial charge in [-0.05, 0) is 23.3 Å². The van der Waals surface area contributed by atoms with Crippen molar-refractivity contribution in [3.8, 4) is 0 Å². The third kappa shape index (κ3) is 4.97. The van der Waals surface area contributed by atoms with Gasteiger partial charge in [-0.2, -0.15) is 0 Å². The van der Waals surface area contributed by atoms with Gasteiger partial charge >= 0.3 is 0 Å². The van der Waals surface area contributed by atoms with Crippen molar-refractivity contribution >= 4 is 5.91 Å². The van der Waals surface area contributed by atoms with Gasteiger partial charge in [0.2, 0.25) is 5.91 Å². The lowest BCUT2D eigenvalue weighted by Gasteiger charge is -2.30. The maximum Gasteiger partial charge on any atom is 0.224 e. The highest BCUT2D eigenvalue weighted by Crippen LogP contribution is 2.24. The minimum atomic E-state index is -0.152. The monoisotopic (exact) mass is 276 g/mol. The number of amides is 1. The van der Waals surface area contributed by atoms with Gasteiger partial charge in [0, 0.05) is 13.1 Å². The molecule has 0 saturated heterocycles. The van der Waals surface area contributed by atoms with E-state index >= 15 is 0 Å². The summed E-state index contributed by atoms with van der Waals surface area (Å²) in [4.78, 5) is 12.3. The van der Waals surface area contributed by atoms with Crippen LogP contribution in [0.3, 0.4) is 0 Å². The van der Waals surface area contributed by atoms with E-state index in [-0.39, 0.29) is 17.2 Å². The first-order valence-corrected chi connectivity index (χ1v) is 7.38. The number of nitrogens with two attached hydrogens (primary N) is 1. The molecule has 0 aliphatic rings. The number of benzene rings is 1. The lowest BCUT2D eigenvalue weighted by molar-refractivity contribution is -0.125. The standard InChI is InChI=1S/C17H28N2O/c1-13(2)17(3,4)12-19-16(20)15(11-18)10-14-8-6-5-7-9-14/h5-9,13,15H,10-12,18H2,1-4H3,(H,19,20). The molecule has 0 radical (unpaired) electrons. The van der Waals surface area contributed by atoms with Gasteiger partial charge in [-0.15, -0.1) is 0 Å². The third-order valence-electron chi connectivity index (χ3n) is 4.26. The predicted octanol–water partition coefficient (Wildman–Crippen LogP) is 2.60. The molecule has 1 aromatic rings. The third-order valence-corrected chi connectivity index (χ3v) is 4.26. The fourth-order valence-corrected chi connectivity index (χ4v) is 1.85. The molecule has 1 unspecified atom stereocenters. The molecule has 0 aromatic heterocycles. The molecule has 0 aliphatic heterocycles. The lowest BCUT2D eigenvalue weighted by atomic mass is 9.81. The zero-order valence-corrected chi connectivity index (χ0v) is 13.1. The van der Waals surface area contributed by atoms with Crippen molar-refractivity contribution < 1.29 is 4.79 Å². The first-order chi connectivity index (χ1) is 9.36. The van der Waals surface area contributed by atoms with Gasteiger partial charge in [-0.1, -0.05) is 58.0 Å². The highest BCUT2D eigenvalue weighted by atomic mass is 16.1. The zero-order valence-electron chi connectivity index (χ0n) is 13.1. The summed E-state index contributed by atoms with van der Waals surface area (Å²) < 4.78 is 0. The molecule has 1 aromatic carbocycles. The summed E-state index contributed by atoms with van der Waals surface area (Å²) in [6.45, 7) is 9.77. The fraction of sp³-hybridized carbons (Fsp3) is 0.588. The van der Waals surface area contributed by atoms with Crippen LogP contribution >= 0.6 is 0 Å².